The van der Waals surface area contributed by atoms with Crippen LogP contribution < -0.4 is 0 Å². The molecule has 150 valence electrons. The molecule has 6 heteroatoms. The second-order valence-electron chi connectivity index (χ2n) is 8.24. The number of likely N-dealkylation sites (tertiary alicyclic amines) is 1. The number of hydrogen-bond donors (Lipinski definition) is 0. The third-order valence-corrected chi connectivity index (χ3v) is 6.30. The summed E-state index contributed by atoms with van der Waals surface area (Å²) in [7, 11) is 1.72. The van der Waals surface area contributed by atoms with Crippen LogP contribution in [0.25, 0.3) is 0 Å². The van der Waals surface area contributed by atoms with Gasteiger partial charge in [0.25, 0.3) is 0 Å². The van der Waals surface area contributed by atoms with Crippen molar-refractivity contribution in [1.29, 1.82) is 0 Å². The highest BCUT2D eigenvalue weighted by molar-refractivity contribution is 5.79. The number of carbonyl (C=O) groups is 1. The van der Waals surface area contributed by atoms with E-state index < -0.39 is 0 Å². The first-order valence-corrected chi connectivity index (χ1v) is 10.3. The van der Waals surface area contributed by atoms with Crippen LogP contribution in [0.15, 0.2) is 28.8 Å². The summed E-state index contributed by atoms with van der Waals surface area (Å²) in [4.78, 5) is 19.6. The summed E-state index contributed by atoms with van der Waals surface area (Å²) in [6.45, 7) is 4.16. The molecule has 4 rings (SSSR count). The van der Waals surface area contributed by atoms with Gasteiger partial charge in [0.15, 0.2) is 5.82 Å². The molecule has 1 aromatic heterocycles. The molecule has 2 aromatic rings. The Hall–Kier alpha value is -2.21. The summed E-state index contributed by atoms with van der Waals surface area (Å²) in [5.74, 6) is 2.24. The van der Waals surface area contributed by atoms with Gasteiger partial charge in [-0.3, -0.25) is 4.79 Å². The van der Waals surface area contributed by atoms with Crippen molar-refractivity contribution in [2.75, 3.05) is 26.8 Å². The number of carbonyl (C=O) groups excluding carboxylic acids is 1. The van der Waals surface area contributed by atoms with Crippen LogP contribution in [0.4, 0.5) is 0 Å². The van der Waals surface area contributed by atoms with Crippen LogP contribution in [0.2, 0.25) is 0 Å². The van der Waals surface area contributed by atoms with Crippen LogP contribution in [-0.4, -0.2) is 47.8 Å². The van der Waals surface area contributed by atoms with Crippen LogP contribution in [0.5, 0.6) is 0 Å². The number of ether oxygens (including phenoxy) is 1. The molecule has 2 heterocycles. The van der Waals surface area contributed by atoms with E-state index in [-0.39, 0.29) is 11.3 Å². The molecule has 28 heavy (non-hydrogen) atoms. The molecule has 6 nitrogen and oxygen atoms in total. The van der Waals surface area contributed by atoms with Gasteiger partial charge in [-0.15, -0.1) is 0 Å². The Labute approximate surface area is 166 Å². The summed E-state index contributed by atoms with van der Waals surface area (Å²) in [5.41, 5.74) is 2.11. The predicted molar refractivity (Wildman–Crippen MR) is 105 cm³/mol. The molecule has 2 aliphatic rings. The second-order valence-corrected chi connectivity index (χ2v) is 8.24. The Morgan fingerprint density at radius 3 is 2.71 bits per heavy atom. The largest absolute Gasteiger partial charge is 0.385 e. The molecule has 0 N–H and O–H groups in total. The van der Waals surface area contributed by atoms with Gasteiger partial charge in [-0.2, -0.15) is 4.98 Å². The van der Waals surface area contributed by atoms with E-state index in [4.69, 9.17) is 14.2 Å². The lowest BCUT2D eigenvalue weighted by Crippen LogP contribution is -2.46. The van der Waals surface area contributed by atoms with Gasteiger partial charge < -0.3 is 14.2 Å². The fourth-order valence-electron chi connectivity index (χ4n) is 4.10. The van der Waals surface area contributed by atoms with Crippen molar-refractivity contribution in [2.24, 2.45) is 0 Å². The maximum atomic E-state index is 12.8. The molecule has 0 bridgehead atoms. The fourth-order valence-corrected chi connectivity index (χ4v) is 4.10. The number of amides is 1. The maximum absolute atomic E-state index is 12.8. The zero-order chi connectivity index (χ0) is 19.6. The number of methoxy groups -OCH3 is 1. The lowest BCUT2D eigenvalue weighted by atomic mass is 9.75. The molecule has 0 unspecified atom stereocenters. The zero-order valence-electron chi connectivity index (χ0n) is 16.8. The van der Waals surface area contributed by atoms with E-state index in [1.54, 1.807) is 7.11 Å². The van der Waals surface area contributed by atoms with E-state index in [2.05, 4.69) is 18.1 Å². The molecule has 1 saturated heterocycles. The highest BCUT2D eigenvalue weighted by atomic mass is 16.5. The summed E-state index contributed by atoms with van der Waals surface area (Å²) >= 11 is 0. The first-order valence-electron chi connectivity index (χ1n) is 10.3. The quantitative estimate of drug-likeness (QED) is 0.733. The van der Waals surface area contributed by atoms with Gasteiger partial charge in [-0.25, -0.2) is 0 Å². The molecular formula is C22H29N3O3. The van der Waals surface area contributed by atoms with Crippen molar-refractivity contribution < 1.29 is 14.1 Å². The minimum Gasteiger partial charge on any atom is -0.385 e. The van der Waals surface area contributed by atoms with Crippen LogP contribution in [0, 0.1) is 6.92 Å². The Kier molecular flexibility index (Phi) is 5.49. The normalized spacial score (nSPS) is 19.0. The minimum absolute atomic E-state index is 0.161. The SMILES string of the molecule is COCCC1(c2noc(C3CC3)n2)CCN(C(=O)Cc2ccccc2C)CC1. The number of piperidine rings is 1. The van der Waals surface area contributed by atoms with Gasteiger partial charge in [0, 0.05) is 38.1 Å². The number of aryl methyl sites for hydroxylation is 1. The van der Waals surface area contributed by atoms with E-state index >= 15 is 0 Å². The van der Waals surface area contributed by atoms with Gasteiger partial charge >= 0.3 is 0 Å². The topological polar surface area (TPSA) is 68.5 Å². The molecular weight excluding hydrogens is 354 g/mol. The van der Waals surface area contributed by atoms with E-state index in [0.717, 1.165) is 62.5 Å². The summed E-state index contributed by atoms with van der Waals surface area (Å²) < 4.78 is 10.9. The molecule has 0 radical (unpaired) electrons. The van der Waals surface area contributed by atoms with Gasteiger partial charge in [-0.1, -0.05) is 29.4 Å². The van der Waals surface area contributed by atoms with Crippen molar-refractivity contribution in [3.63, 3.8) is 0 Å². The van der Waals surface area contributed by atoms with Crippen LogP contribution in [-0.2, 0) is 21.4 Å². The number of hydrogen-bond acceptors (Lipinski definition) is 5. The lowest BCUT2D eigenvalue weighted by Gasteiger charge is -2.40. The second kappa shape index (κ2) is 8.03. The molecule has 1 aromatic carbocycles. The average Bonchev–Trinajstić information content (AvgIpc) is 3.45. The Bertz CT molecular complexity index is 820. The summed E-state index contributed by atoms with van der Waals surface area (Å²) in [5, 5.41) is 4.33. The number of benzene rings is 1. The fraction of sp³-hybridized carbons (Fsp3) is 0.591. The first-order chi connectivity index (χ1) is 13.6. The van der Waals surface area contributed by atoms with Gasteiger partial charge in [0.05, 0.1) is 6.42 Å². The van der Waals surface area contributed by atoms with E-state index in [1.165, 1.54) is 5.56 Å². The molecule has 0 atom stereocenters. The number of aromatic nitrogens is 2. The molecule has 1 amide bonds. The van der Waals surface area contributed by atoms with Gasteiger partial charge in [0.2, 0.25) is 11.8 Å². The number of nitrogens with zero attached hydrogens (tertiary/aromatic N) is 3. The van der Waals surface area contributed by atoms with Crippen LogP contribution >= 0.6 is 0 Å². The molecule has 1 saturated carbocycles. The zero-order valence-corrected chi connectivity index (χ0v) is 16.8. The third-order valence-electron chi connectivity index (χ3n) is 6.30. The van der Waals surface area contributed by atoms with E-state index in [1.807, 2.05) is 23.1 Å². The highest BCUT2D eigenvalue weighted by Gasteiger charge is 2.42. The Morgan fingerprint density at radius 1 is 1.29 bits per heavy atom. The summed E-state index contributed by atoms with van der Waals surface area (Å²) in [6.07, 6.45) is 5.31. The Balaban J connectivity index is 1.44. The van der Waals surface area contributed by atoms with Crippen molar-refractivity contribution >= 4 is 5.91 Å². The monoisotopic (exact) mass is 383 g/mol. The number of rotatable bonds is 7. The molecule has 0 spiro atoms. The summed E-state index contributed by atoms with van der Waals surface area (Å²) in [6, 6.07) is 8.10. The van der Waals surface area contributed by atoms with Crippen molar-refractivity contribution in [3.05, 3.63) is 47.1 Å². The van der Waals surface area contributed by atoms with Crippen LogP contribution in [0.3, 0.4) is 0 Å². The van der Waals surface area contributed by atoms with E-state index in [9.17, 15) is 4.79 Å². The minimum atomic E-state index is -0.161. The highest BCUT2D eigenvalue weighted by Crippen LogP contribution is 2.42. The average molecular weight is 383 g/mol. The molecule has 1 aliphatic heterocycles. The third kappa shape index (κ3) is 3.97. The van der Waals surface area contributed by atoms with Crippen molar-refractivity contribution in [2.45, 2.75) is 56.8 Å². The molecule has 1 aliphatic carbocycles. The van der Waals surface area contributed by atoms with Crippen molar-refractivity contribution in [3.8, 4) is 0 Å². The van der Waals surface area contributed by atoms with Gasteiger partial charge in [0.1, 0.15) is 0 Å². The smallest absolute Gasteiger partial charge is 0.229 e. The molecule has 2 fully saturated rings. The maximum Gasteiger partial charge on any atom is 0.229 e. The predicted octanol–water partition coefficient (Wildman–Crippen LogP) is 3.39. The van der Waals surface area contributed by atoms with Crippen molar-refractivity contribution in [1.82, 2.24) is 15.0 Å². The van der Waals surface area contributed by atoms with Gasteiger partial charge in [-0.05, 0) is 50.2 Å². The first kappa shape index (κ1) is 19.1. The Morgan fingerprint density at radius 2 is 2.04 bits per heavy atom. The lowest BCUT2D eigenvalue weighted by molar-refractivity contribution is -0.132. The van der Waals surface area contributed by atoms with E-state index in [0.29, 0.717) is 18.9 Å². The standard InChI is InChI=1S/C22H29N3O3/c1-16-5-3-4-6-18(16)15-19(26)25-12-9-22(10-13-25,11-14-27-2)21-23-20(28-24-21)17-7-8-17/h3-6,17H,7-15H2,1-2H3. The van der Waals surface area contributed by atoms with Crippen LogP contribution in [0.1, 0.15) is 60.9 Å².